The molecule has 7 nitrogen and oxygen atoms in total. The molecule has 0 unspecified atom stereocenters. The third-order valence-electron chi connectivity index (χ3n) is 3.42. The zero-order valence-corrected chi connectivity index (χ0v) is 11.9. The minimum absolute atomic E-state index is 0.0000386. The molecule has 0 aliphatic heterocycles. The Kier molecular flexibility index (Phi) is 3.49. The van der Waals surface area contributed by atoms with Crippen LogP contribution in [-0.4, -0.2) is 14.9 Å². The van der Waals surface area contributed by atoms with Gasteiger partial charge >= 0.3 is 0 Å². The number of benzene rings is 1. The molecule has 0 aliphatic rings. The molecule has 0 amide bonds. The van der Waals surface area contributed by atoms with Crippen LogP contribution in [0.15, 0.2) is 48.7 Å². The van der Waals surface area contributed by atoms with Crippen molar-refractivity contribution in [2.24, 2.45) is 0 Å². The molecule has 0 atom stereocenters. The second-order valence-electron chi connectivity index (χ2n) is 4.81. The molecular formula is C16H11N5O2. The van der Waals surface area contributed by atoms with E-state index in [1.165, 1.54) is 12.1 Å². The first-order valence-corrected chi connectivity index (χ1v) is 6.69. The van der Waals surface area contributed by atoms with Crippen LogP contribution in [-0.2, 0) is 0 Å². The van der Waals surface area contributed by atoms with Crippen molar-refractivity contribution < 1.29 is 4.92 Å². The Labute approximate surface area is 131 Å². The van der Waals surface area contributed by atoms with Gasteiger partial charge in [0, 0.05) is 35.2 Å². The maximum absolute atomic E-state index is 10.7. The van der Waals surface area contributed by atoms with Gasteiger partial charge in [-0.15, -0.1) is 0 Å². The van der Waals surface area contributed by atoms with Crippen LogP contribution in [0.1, 0.15) is 5.56 Å². The van der Waals surface area contributed by atoms with Gasteiger partial charge in [-0.25, -0.2) is 4.98 Å². The first-order chi connectivity index (χ1) is 11.1. The van der Waals surface area contributed by atoms with Crippen LogP contribution < -0.4 is 5.73 Å². The number of nitro benzene ring substituents is 1. The van der Waals surface area contributed by atoms with E-state index in [1.54, 1.807) is 24.4 Å². The highest BCUT2D eigenvalue weighted by molar-refractivity contribution is 5.78. The number of nitrogens with two attached hydrogens (primary N) is 1. The van der Waals surface area contributed by atoms with E-state index in [0.717, 1.165) is 5.69 Å². The topological polar surface area (TPSA) is 122 Å². The number of hydrogen-bond donors (Lipinski definition) is 2. The molecule has 1 aromatic carbocycles. The molecule has 112 valence electrons. The molecule has 0 saturated heterocycles. The van der Waals surface area contributed by atoms with E-state index >= 15 is 0 Å². The van der Waals surface area contributed by atoms with E-state index in [1.807, 2.05) is 12.1 Å². The minimum Gasteiger partial charge on any atom is -0.383 e. The van der Waals surface area contributed by atoms with E-state index in [9.17, 15) is 15.4 Å². The maximum atomic E-state index is 10.7. The molecular weight excluding hydrogens is 294 g/mol. The number of hydrogen-bond acceptors (Lipinski definition) is 5. The van der Waals surface area contributed by atoms with Gasteiger partial charge in [0.05, 0.1) is 10.6 Å². The zero-order valence-electron chi connectivity index (χ0n) is 11.9. The number of non-ortho nitro benzene ring substituents is 1. The van der Waals surface area contributed by atoms with Crippen molar-refractivity contribution >= 4 is 11.5 Å². The lowest BCUT2D eigenvalue weighted by molar-refractivity contribution is -0.384. The molecule has 3 aromatic rings. The van der Waals surface area contributed by atoms with Crippen LogP contribution in [0.25, 0.3) is 22.5 Å². The fraction of sp³-hybridized carbons (Fsp3) is 0. The number of nitrogens with zero attached hydrogens (tertiary/aromatic N) is 3. The lowest BCUT2D eigenvalue weighted by atomic mass is 10.0. The van der Waals surface area contributed by atoms with Crippen molar-refractivity contribution in [3.05, 3.63) is 64.3 Å². The molecule has 0 bridgehead atoms. The molecule has 0 saturated carbocycles. The highest BCUT2D eigenvalue weighted by atomic mass is 16.6. The molecule has 0 fully saturated rings. The predicted octanol–water partition coefficient (Wildman–Crippen LogP) is 3.11. The lowest BCUT2D eigenvalue weighted by Gasteiger charge is -2.09. The molecule has 0 aliphatic carbocycles. The van der Waals surface area contributed by atoms with Crippen LogP contribution in [0, 0.1) is 21.4 Å². The highest BCUT2D eigenvalue weighted by Crippen LogP contribution is 2.30. The number of nitrogens with one attached hydrogen (secondary N) is 1. The number of rotatable bonds is 3. The summed E-state index contributed by atoms with van der Waals surface area (Å²) in [7, 11) is 0. The average molecular weight is 305 g/mol. The molecule has 3 N–H and O–H groups in total. The standard InChI is InChI=1S/C16H11N5O2/c17-9-13-12(14-2-1-7-19-14)8-15(20-16(13)18)10-3-5-11(6-4-10)21(22)23/h1-8,19H,(H2,18,20). The van der Waals surface area contributed by atoms with Gasteiger partial charge in [-0.2, -0.15) is 5.26 Å². The molecule has 0 radical (unpaired) electrons. The lowest BCUT2D eigenvalue weighted by Crippen LogP contribution is -2.00. The third kappa shape index (κ3) is 2.61. The third-order valence-corrected chi connectivity index (χ3v) is 3.42. The van der Waals surface area contributed by atoms with Crippen molar-refractivity contribution in [2.45, 2.75) is 0 Å². The number of nitriles is 1. The largest absolute Gasteiger partial charge is 0.383 e. The van der Waals surface area contributed by atoms with Gasteiger partial charge in [0.1, 0.15) is 17.5 Å². The summed E-state index contributed by atoms with van der Waals surface area (Å²) in [6.45, 7) is 0. The maximum Gasteiger partial charge on any atom is 0.269 e. The number of pyridine rings is 1. The van der Waals surface area contributed by atoms with Gasteiger partial charge in [0.25, 0.3) is 5.69 Å². The number of nitrogen functional groups attached to an aromatic ring is 1. The van der Waals surface area contributed by atoms with Crippen molar-refractivity contribution in [3.63, 3.8) is 0 Å². The summed E-state index contributed by atoms with van der Waals surface area (Å²) in [5.74, 6) is 0.118. The molecule has 7 heteroatoms. The zero-order chi connectivity index (χ0) is 16.4. The second kappa shape index (κ2) is 5.61. The monoisotopic (exact) mass is 305 g/mol. The van der Waals surface area contributed by atoms with Crippen LogP contribution >= 0.6 is 0 Å². The Balaban J connectivity index is 2.14. The normalized spacial score (nSPS) is 10.2. The Bertz CT molecular complexity index is 909. The predicted molar refractivity (Wildman–Crippen MR) is 85.2 cm³/mol. The van der Waals surface area contributed by atoms with E-state index in [2.05, 4.69) is 16.0 Å². The fourth-order valence-corrected chi connectivity index (χ4v) is 2.29. The van der Waals surface area contributed by atoms with Crippen LogP contribution in [0.4, 0.5) is 11.5 Å². The van der Waals surface area contributed by atoms with E-state index in [4.69, 9.17) is 5.73 Å². The highest BCUT2D eigenvalue weighted by Gasteiger charge is 2.14. The summed E-state index contributed by atoms with van der Waals surface area (Å²) in [5, 5.41) is 20.0. The van der Waals surface area contributed by atoms with Crippen LogP contribution in [0.2, 0.25) is 0 Å². The van der Waals surface area contributed by atoms with Gasteiger partial charge in [-0.05, 0) is 30.3 Å². The summed E-state index contributed by atoms with van der Waals surface area (Å²) < 4.78 is 0. The molecule has 2 heterocycles. The van der Waals surface area contributed by atoms with E-state index < -0.39 is 4.92 Å². The van der Waals surface area contributed by atoms with Crippen molar-refractivity contribution in [1.82, 2.24) is 9.97 Å². The Morgan fingerprint density at radius 2 is 2.00 bits per heavy atom. The van der Waals surface area contributed by atoms with Gasteiger partial charge in [0.15, 0.2) is 0 Å². The van der Waals surface area contributed by atoms with Crippen molar-refractivity contribution in [1.29, 1.82) is 5.26 Å². The summed E-state index contributed by atoms with van der Waals surface area (Å²) in [6.07, 6.45) is 1.75. The summed E-state index contributed by atoms with van der Waals surface area (Å²) in [4.78, 5) is 17.5. The first kappa shape index (κ1) is 14.3. The quantitative estimate of drug-likeness (QED) is 0.568. The summed E-state index contributed by atoms with van der Waals surface area (Å²) >= 11 is 0. The van der Waals surface area contributed by atoms with E-state index in [-0.39, 0.29) is 17.1 Å². The average Bonchev–Trinajstić information content (AvgIpc) is 3.08. The van der Waals surface area contributed by atoms with Gasteiger partial charge in [0.2, 0.25) is 0 Å². The van der Waals surface area contributed by atoms with Crippen LogP contribution in [0.5, 0.6) is 0 Å². The van der Waals surface area contributed by atoms with Crippen molar-refractivity contribution in [2.75, 3.05) is 5.73 Å². The smallest absolute Gasteiger partial charge is 0.269 e. The molecule has 2 aromatic heterocycles. The first-order valence-electron chi connectivity index (χ1n) is 6.69. The van der Waals surface area contributed by atoms with E-state index in [0.29, 0.717) is 16.8 Å². The molecule has 23 heavy (non-hydrogen) atoms. The number of nitro groups is 1. The fourth-order valence-electron chi connectivity index (χ4n) is 2.29. The minimum atomic E-state index is -0.464. The summed E-state index contributed by atoms with van der Waals surface area (Å²) in [6, 6.07) is 13.5. The van der Waals surface area contributed by atoms with Crippen molar-refractivity contribution in [3.8, 4) is 28.6 Å². The Morgan fingerprint density at radius 3 is 2.57 bits per heavy atom. The van der Waals surface area contributed by atoms with Gasteiger partial charge < -0.3 is 10.7 Å². The number of aromatic nitrogens is 2. The van der Waals surface area contributed by atoms with Crippen LogP contribution in [0.3, 0.4) is 0 Å². The number of aromatic amines is 1. The SMILES string of the molecule is N#Cc1c(-c2ccc[nH]2)cc(-c2ccc([N+](=O)[O-])cc2)nc1N. The summed E-state index contributed by atoms with van der Waals surface area (Å²) in [5.41, 5.74) is 8.80. The number of H-pyrrole nitrogens is 1. The second-order valence-corrected chi connectivity index (χ2v) is 4.81. The van der Waals surface area contributed by atoms with Gasteiger partial charge in [-0.3, -0.25) is 10.1 Å². The Hall–Kier alpha value is -3.66. The molecule has 3 rings (SSSR count). The number of anilines is 1. The Morgan fingerprint density at radius 1 is 1.26 bits per heavy atom. The molecule has 0 spiro atoms. The van der Waals surface area contributed by atoms with Gasteiger partial charge in [-0.1, -0.05) is 0 Å².